The summed E-state index contributed by atoms with van der Waals surface area (Å²) < 4.78 is 7.45. The Balaban J connectivity index is 2.04. The summed E-state index contributed by atoms with van der Waals surface area (Å²) in [5, 5.41) is 12.6. The van der Waals surface area contributed by atoms with Crippen LogP contribution in [-0.4, -0.2) is 56.4 Å². The highest BCUT2D eigenvalue weighted by Gasteiger charge is 2.33. The molecule has 0 unspecified atom stereocenters. The average Bonchev–Trinajstić information content (AvgIpc) is 3.07. The van der Waals surface area contributed by atoms with Gasteiger partial charge in [0, 0.05) is 19.3 Å². The van der Waals surface area contributed by atoms with E-state index in [9.17, 15) is 0 Å². The van der Waals surface area contributed by atoms with E-state index < -0.39 is 0 Å². The van der Waals surface area contributed by atoms with Crippen molar-refractivity contribution in [3.63, 3.8) is 0 Å². The highest BCUT2D eigenvalue weighted by atomic mass is 16.5. The molecule has 0 amide bonds. The summed E-state index contributed by atoms with van der Waals surface area (Å²) in [6, 6.07) is 5.92. The van der Waals surface area contributed by atoms with Gasteiger partial charge in [0.2, 0.25) is 0 Å². The molecule has 1 aliphatic heterocycles. The molecule has 2 aromatic heterocycles. The molecule has 0 aliphatic carbocycles. The molecular formula is C16H24N6O. The maximum atomic E-state index is 5.50. The molecule has 3 heterocycles. The maximum Gasteiger partial charge on any atom is 0.175 e. The van der Waals surface area contributed by atoms with E-state index in [0.717, 1.165) is 44.2 Å². The van der Waals surface area contributed by atoms with Crippen molar-refractivity contribution in [3.05, 3.63) is 35.9 Å². The number of ether oxygens (including phenoxy) is 1. The van der Waals surface area contributed by atoms with Gasteiger partial charge in [-0.25, -0.2) is 4.68 Å². The lowest BCUT2D eigenvalue weighted by molar-refractivity contribution is 0.0199. The molecule has 0 spiro atoms. The van der Waals surface area contributed by atoms with E-state index in [1.54, 1.807) is 0 Å². The molecule has 1 atom stereocenters. The van der Waals surface area contributed by atoms with Gasteiger partial charge in [0.25, 0.3) is 0 Å². The van der Waals surface area contributed by atoms with Gasteiger partial charge in [0.15, 0.2) is 5.82 Å². The van der Waals surface area contributed by atoms with Gasteiger partial charge >= 0.3 is 0 Å². The number of rotatable bonds is 5. The van der Waals surface area contributed by atoms with E-state index in [1.165, 1.54) is 0 Å². The molecule has 7 nitrogen and oxygen atoms in total. The molecule has 1 saturated heterocycles. The Morgan fingerprint density at radius 3 is 2.70 bits per heavy atom. The number of pyridine rings is 1. The molecular weight excluding hydrogens is 292 g/mol. The molecule has 3 rings (SSSR count). The van der Waals surface area contributed by atoms with Crippen LogP contribution < -0.4 is 0 Å². The van der Waals surface area contributed by atoms with E-state index in [0.29, 0.717) is 0 Å². The summed E-state index contributed by atoms with van der Waals surface area (Å²) in [6.07, 6.45) is 2.77. The van der Waals surface area contributed by atoms with Gasteiger partial charge in [0.05, 0.1) is 24.4 Å². The third-order valence-electron chi connectivity index (χ3n) is 4.56. The Bertz CT molecular complexity index is 621. The third-order valence-corrected chi connectivity index (χ3v) is 4.56. The standard InChI is InChI=1S/C16H24N6O/c1-4-16(2,3)22-15(18-19-20-22)14(13-7-5-6-8-17-13)21-9-11-23-12-10-21/h5-8,14H,4,9-12H2,1-3H3/t14-/m0/s1. The fraction of sp³-hybridized carbons (Fsp3) is 0.625. The minimum absolute atomic E-state index is 0.0547. The Hall–Kier alpha value is -1.86. The second-order valence-corrected chi connectivity index (χ2v) is 6.42. The van der Waals surface area contributed by atoms with E-state index in [2.05, 4.69) is 46.2 Å². The molecule has 0 aromatic carbocycles. The van der Waals surface area contributed by atoms with Crippen LogP contribution in [0.25, 0.3) is 0 Å². The van der Waals surface area contributed by atoms with Crippen molar-refractivity contribution < 1.29 is 4.74 Å². The zero-order chi connectivity index (χ0) is 16.3. The van der Waals surface area contributed by atoms with Crippen molar-refractivity contribution in [1.82, 2.24) is 30.1 Å². The quantitative estimate of drug-likeness (QED) is 0.835. The van der Waals surface area contributed by atoms with Crippen molar-refractivity contribution in [2.24, 2.45) is 0 Å². The summed E-state index contributed by atoms with van der Waals surface area (Å²) in [5.41, 5.74) is 0.829. The average molecular weight is 316 g/mol. The summed E-state index contributed by atoms with van der Waals surface area (Å²) in [4.78, 5) is 6.91. The lowest BCUT2D eigenvalue weighted by atomic mass is 10.0. The molecule has 0 saturated carbocycles. The van der Waals surface area contributed by atoms with Crippen LogP contribution in [0.4, 0.5) is 0 Å². The first-order valence-electron chi connectivity index (χ1n) is 8.15. The van der Waals surface area contributed by atoms with Gasteiger partial charge in [-0.3, -0.25) is 9.88 Å². The number of morpholine rings is 1. The predicted octanol–water partition coefficient (Wildman–Crippen LogP) is 1.63. The molecule has 1 fully saturated rings. The number of hydrogen-bond acceptors (Lipinski definition) is 6. The molecule has 1 aliphatic rings. The zero-order valence-electron chi connectivity index (χ0n) is 14.0. The minimum atomic E-state index is -0.141. The van der Waals surface area contributed by atoms with Crippen LogP contribution in [0, 0.1) is 0 Å². The van der Waals surface area contributed by atoms with Crippen LogP contribution in [0.2, 0.25) is 0 Å². The Morgan fingerprint density at radius 1 is 1.26 bits per heavy atom. The van der Waals surface area contributed by atoms with Gasteiger partial charge in [-0.05, 0) is 42.8 Å². The van der Waals surface area contributed by atoms with Gasteiger partial charge in [0.1, 0.15) is 6.04 Å². The topological polar surface area (TPSA) is 69.0 Å². The number of hydrogen-bond donors (Lipinski definition) is 0. The molecule has 0 radical (unpaired) electrons. The fourth-order valence-electron chi connectivity index (χ4n) is 2.80. The van der Waals surface area contributed by atoms with Crippen LogP contribution in [-0.2, 0) is 10.3 Å². The van der Waals surface area contributed by atoms with Crippen LogP contribution in [0.5, 0.6) is 0 Å². The second kappa shape index (κ2) is 6.72. The lowest BCUT2D eigenvalue weighted by Gasteiger charge is -2.35. The molecule has 2 aromatic rings. The maximum absolute atomic E-state index is 5.50. The Labute approximate surface area is 136 Å². The van der Waals surface area contributed by atoms with Gasteiger partial charge in [-0.2, -0.15) is 0 Å². The number of tetrazole rings is 1. The SMILES string of the molecule is CCC(C)(C)n1nnnc1[C@H](c1ccccn1)N1CCOCC1. The lowest BCUT2D eigenvalue weighted by Crippen LogP contribution is -2.42. The van der Waals surface area contributed by atoms with Crippen molar-refractivity contribution >= 4 is 0 Å². The van der Waals surface area contributed by atoms with E-state index >= 15 is 0 Å². The Morgan fingerprint density at radius 2 is 2.04 bits per heavy atom. The highest BCUT2D eigenvalue weighted by molar-refractivity contribution is 5.18. The van der Waals surface area contributed by atoms with Crippen molar-refractivity contribution in [2.45, 2.75) is 38.8 Å². The summed E-state index contributed by atoms with van der Waals surface area (Å²) >= 11 is 0. The van der Waals surface area contributed by atoms with Crippen LogP contribution >= 0.6 is 0 Å². The van der Waals surface area contributed by atoms with E-state index in [4.69, 9.17) is 4.74 Å². The summed E-state index contributed by atoms with van der Waals surface area (Å²) in [6.45, 7) is 9.60. The van der Waals surface area contributed by atoms with E-state index in [-0.39, 0.29) is 11.6 Å². The first-order chi connectivity index (χ1) is 11.1. The second-order valence-electron chi connectivity index (χ2n) is 6.42. The molecule has 7 heteroatoms. The zero-order valence-corrected chi connectivity index (χ0v) is 14.0. The number of aromatic nitrogens is 5. The van der Waals surface area contributed by atoms with Gasteiger partial charge < -0.3 is 4.74 Å². The van der Waals surface area contributed by atoms with Crippen LogP contribution in [0.15, 0.2) is 24.4 Å². The molecule has 0 bridgehead atoms. The van der Waals surface area contributed by atoms with Crippen molar-refractivity contribution in [1.29, 1.82) is 0 Å². The third kappa shape index (κ3) is 3.25. The van der Waals surface area contributed by atoms with E-state index in [1.807, 2.05) is 29.1 Å². The molecule has 124 valence electrons. The van der Waals surface area contributed by atoms with Crippen LogP contribution in [0.1, 0.15) is 44.8 Å². The first-order valence-corrected chi connectivity index (χ1v) is 8.15. The normalized spacial score (nSPS) is 18.0. The van der Waals surface area contributed by atoms with Gasteiger partial charge in [-0.15, -0.1) is 5.10 Å². The van der Waals surface area contributed by atoms with Crippen LogP contribution in [0.3, 0.4) is 0 Å². The molecule has 23 heavy (non-hydrogen) atoms. The summed E-state index contributed by atoms with van der Waals surface area (Å²) in [5.74, 6) is 0.845. The predicted molar refractivity (Wildman–Crippen MR) is 85.9 cm³/mol. The van der Waals surface area contributed by atoms with Gasteiger partial charge in [-0.1, -0.05) is 13.0 Å². The smallest absolute Gasteiger partial charge is 0.175 e. The largest absolute Gasteiger partial charge is 0.379 e. The highest BCUT2D eigenvalue weighted by Crippen LogP contribution is 2.30. The minimum Gasteiger partial charge on any atom is -0.379 e. The summed E-state index contributed by atoms with van der Waals surface area (Å²) in [7, 11) is 0. The first kappa shape index (κ1) is 16.0. The monoisotopic (exact) mass is 316 g/mol. The van der Waals surface area contributed by atoms with Crippen molar-refractivity contribution in [2.75, 3.05) is 26.3 Å². The fourth-order valence-corrected chi connectivity index (χ4v) is 2.80. The number of nitrogens with zero attached hydrogens (tertiary/aromatic N) is 6. The Kier molecular flexibility index (Phi) is 4.68. The van der Waals surface area contributed by atoms with Crippen molar-refractivity contribution in [3.8, 4) is 0 Å². The molecule has 0 N–H and O–H groups in total.